The molecule has 0 bridgehead atoms. The van der Waals surface area contributed by atoms with E-state index in [1.54, 1.807) is 19.1 Å². The summed E-state index contributed by atoms with van der Waals surface area (Å²) in [6.45, 7) is 1.65. The van der Waals surface area contributed by atoms with Gasteiger partial charge >= 0.3 is 0 Å². The minimum Gasteiger partial charge on any atom is -0.504 e. The maximum atomic E-state index is 12.6. The van der Waals surface area contributed by atoms with E-state index in [4.69, 9.17) is 23.2 Å². The first kappa shape index (κ1) is 17.1. The number of hydrazone groups is 1. The van der Waals surface area contributed by atoms with Crippen LogP contribution in [-0.2, 0) is 4.79 Å². The van der Waals surface area contributed by atoms with Crippen LogP contribution < -0.4 is 5.01 Å². The topological polar surface area (TPSA) is 93.4 Å². The summed E-state index contributed by atoms with van der Waals surface area (Å²) >= 11 is 11.9. The minimum atomic E-state index is -0.622. The normalized spacial score (nSPS) is 15.8. The summed E-state index contributed by atoms with van der Waals surface area (Å²) in [5.74, 6) is -2.01. The van der Waals surface area contributed by atoms with Crippen LogP contribution in [0.4, 0.5) is 5.69 Å². The molecule has 8 heteroatoms. The Morgan fingerprint density at radius 2 is 1.68 bits per heavy atom. The molecule has 0 radical (unpaired) electrons. The number of halogens is 2. The van der Waals surface area contributed by atoms with E-state index < -0.39 is 23.2 Å². The summed E-state index contributed by atoms with van der Waals surface area (Å²) in [5, 5.41) is 34.6. The molecule has 3 N–H and O–H groups in total. The number of phenolic OH excluding ortho intramolecular Hbond substituents is 3. The van der Waals surface area contributed by atoms with Crippen LogP contribution in [0.3, 0.4) is 0 Å². The molecule has 0 saturated carbocycles. The predicted molar refractivity (Wildman–Crippen MR) is 96.5 cm³/mol. The van der Waals surface area contributed by atoms with E-state index in [2.05, 4.69) is 5.10 Å². The van der Waals surface area contributed by atoms with E-state index in [-0.39, 0.29) is 5.57 Å². The average molecular weight is 379 g/mol. The van der Waals surface area contributed by atoms with Gasteiger partial charge in [0.15, 0.2) is 17.2 Å². The van der Waals surface area contributed by atoms with Crippen LogP contribution in [-0.4, -0.2) is 26.9 Å². The fourth-order valence-corrected chi connectivity index (χ4v) is 2.64. The van der Waals surface area contributed by atoms with Crippen LogP contribution in [0.1, 0.15) is 12.5 Å². The van der Waals surface area contributed by atoms with Crippen molar-refractivity contribution in [3.05, 3.63) is 51.5 Å². The number of carbonyl (C=O) groups excluding carboxylic acids is 1. The van der Waals surface area contributed by atoms with Crippen LogP contribution in [0.25, 0.3) is 6.08 Å². The first-order valence-corrected chi connectivity index (χ1v) is 7.85. The van der Waals surface area contributed by atoms with Crippen molar-refractivity contribution in [1.29, 1.82) is 0 Å². The molecule has 0 aromatic heterocycles. The molecule has 1 heterocycles. The number of nitrogens with zero attached hydrogens (tertiary/aromatic N) is 2. The zero-order valence-electron chi connectivity index (χ0n) is 12.9. The maximum absolute atomic E-state index is 12.6. The van der Waals surface area contributed by atoms with Gasteiger partial charge in [-0.15, -0.1) is 0 Å². The zero-order chi connectivity index (χ0) is 18.3. The van der Waals surface area contributed by atoms with Gasteiger partial charge in [-0.1, -0.05) is 23.2 Å². The van der Waals surface area contributed by atoms with Crippen molar-refractivity contribution in [2.75, 3.05) is 5.01 Å². The number of rotatable bonds is 2. The minimum absolute atomic E-state index is 0.274. The van der Waals surface area contributed by atoms with E-state index in [1.165, 1.54) is 29.3 Å². The zero-order valence-corrected chi connectivity index (χ0v) is 14.4. The first-order valence-electron chi connectivity index (χ1n) is 7.09. The SMILES string of the molecule is CC1=NN(c2ccc(Cl)c(Cl)c2)C(=O)/C1=C/c1cc(O)c(O)c(O)c1. The number of anilines is 1. The number of amides is 1. The summed E-state index contributed by atoms with van der Waals surface area (Å²) in [7, 11) is 0. The second kappa shape index (κ2) is 6.31. The quantitative estimate of drug-likeness (QED) is 0.545. The molecule has 1 amide bonds. The van der Waals surface area contributed by atoms with Crippen molar-refractivity contribution < 1.29 is 20.1 Å². The lowest BCUT2D eigenvalue weighted by molar-refractivity contribution is -0.114. The molecule has 6 nitrogen and oxygen atoms in total. The summed E-state index contributed by atoms with van der Waals surface area (Å²) in [6, 6.07) is 7.16. The summed E-state index contributed by atoms with van der Waals surface area (Å²) in [4.78, 5) is 12.6. The first-order chi connectivity index (χ1) is 11.8. The van der Waals surface area contributed by atoms with Crippen molar-refractivity contribution in [2.24, 2.45) is 5.10 Å². The summed E-state index contributed by atoms with van der Waals surface area (Å²) in [5.41, 5.74) is 1.51. The van der Waals surface area contributed by atoms with E-state index in [1.807, 2.05) is 0 Å². The summed E-state index contributed by atoms with van der Waals surface area (Å²) in [6.07, 6.45) is 1.46. The van der Waals surface area contributed by atoms with Gasteiger partial charge in [0.05, 0.1) is 27.0 Å². The molecule has 0 atom stereocenters. The Labute approximate surface area is 152 Å². The number of aromatic hydroxyl groups is 3. The number of hydrogen-bond donors (Lipinski definition) is 3. The fraction of sp³-hybridized carbons (Fsp3) is 0.0588. The van der Waals surface area contributed by atoms with E-state index >= 15 is 0 Å². The maximum Gasteiger partial charge on any atom is 0.280 e. The molecule has 0 aliphatic carbocycles. The van der Waals surface area contributed by atoms with Crippen LogP contribution in [0.5, 0.6) is 17.2 Å². The van der Waals surface area contributed by atoms with Crippen LogP contribution >= 0.6 is 23.2 Å². The van der Waals surface area contributed by atoms with Gasteiger partial charge in [-0.2, -0.15) is 10.1 Å². The smallest absolute Gasteiger partial charge is 0.280 e. The number of hydrogen-bond acceptors (Lipinski definition) is 5. The number of phenols is 3. The Bertz CT molecular complexity index is 931. The van der Waals surface area contributed by atoms with Gasteiger partial charge in [-0.05, 0) is 48.9 Å². The van der Waals surface area contributed by atoms with E-state index in [9.17, 15) is 20.1 Å². The molecule has 0 spiro atoms. The molecule has 1 aliphatic heterocycles. The lowest BCUT2D eigenvalue weighted by Gasteiger charge is -2.12. The van der Waals surface area contributed by atoms with Crippen molar-refractivity contribution >= 4 is 46.6 Å². The highest BCUT2D eigenvalue weighted by Gasteiger charge is 2.29. The standard InChI is InChI=1S/C17H12Cl2N2O4/c1-8-11(4-9-5-14(22)16(24)15(23)6-9)17(25)21(20-8)10-2-3-12(18)13(19)7-10/h2-7,22-24H,1H3/b11-4+. The molecule has 2 aromatic carbocycles. The van der Waals surface area contributed by atoms with Crippen LogP contribution in [0, 0.1) is 0 Å². The van der Waals surface area contributed by atoms with Gasteiger partial charge in [0, 0.05) is 0 Å². The lowest BCUT2D eigenvalue weighted by Crippen LogP contribution is -2.21. The van der Waals surface area contributed by atoms with E-state index in [0.29, 0.717) is 27.0 Å². The highest BCUT2D eigenvalue weighted by molar-refractivity contribution is 6.42. The van der Waals surface area contributed by atoms with E-state index in [0.717, 1.165) is 0 Å². The predicted octanol–water partition coefficient (Wildman–Crippen LogP) is 3.92. The van der Waals surface area contributed by atoms with Crippen molar-refractivity contribution in [2.45, 2.75) is 6.92 Å². The molecule has 0 unspecified atom stereocenters. The Kier molecular flexibility index (Phi) is 4.32. The third kappa shape index (κ3) is 3.14. The highest BCUT2D eigenvalue weighted by Crippen LogP contribution is 2.37. The van der Waals surface area contributed by atoms with Gasteiger partial charge in [0.2, 0.25) is 0 Å². The Hall–Kier alpha value is -2.70. The highest BCUT2D eigenvalue weighted by atomic mass is 35.5. The Morgan fingerprint density at radius 3 is 2.28 bits per heavy atom. The second-order valence-electron chi connectivity index (χ2n) is 5.37. The molecule has 128 valence electrons. The lowest BCUT2D eigenvalue weighted by atomic mass is 10.1. The molecule has 3 rings (SSSR count). The molecular weight excluding hydrogens is 367 g/mol. The molecule has 0 saturated heterocycles. The van der Waals surface area contributed by atoms with Gasteiger partial charge in [-0.3, -0.25) is 4.79 Å². The number of carbonyl (C=O) groups is 1. The largest absolute Gasteiger partial charge is 0.504 e. The van der Waals surface area contributed by atoms with Gasteiger partial charge in [-0.25, -0.2) is 0 Å². The van der Waals surface area contributed by atoms with Crippen molar-refractivity contribution in [3.63, 3.8) is 0 Å². The number of benzene rings is 2. The third-order valence-corrected chi connectivity index (χ3v) is 4.35. The molecule has 2 aromatic rings. The van der Waals surface area contributed by atoms with Gasteiger partial charge in [0.1, 0.15) is 0 Å². The van der Waals surface area contributed by atoms with Gasteiger partial charge in [0.25, 0.3) is 5.91 Å². The monoisotopic (exact) mass is 378 g/mol. The summed E-state index contributed by atoms with van der Waals surface area (Å²) < 4.78 is 0. The third-order valence-electron chi connectivity index (χ3n) is 3.61. The van der Waals surface area contributed by atoms with Crippen LogP contribution in [0.2, 0.25) is 10.0 Å². The molecule has 0 fully saturated rings. The van der Waals surface area contributed by atoms with Gasteiger partial charge < -0.3 is 15.3 Å². The molecule has 1 aliphatic rings. The van der Waals surface area contributed by atoms with Crippen LogP contribution in [0.15, 0.2) is 41.0 Å². The fourth-order valence-electron chi connectivity index (χ4n) is 2.35. The van der Waals surface area contributed by atoms with Crippen molar-refractivity contribution in [1.82, 2.24) is 0 Å². The Morgan fingerprint density at radius 1 is 1.04 bits per heavy atom. The molecule has 25 heavy (non-hydrogen) atoms. The molecular formula is C17H12Cl2N2O4. The van der Waals surface area contributed by atoms with Crippen molar-refractivity contribution in [3.8, 4) is 17.2 Å². The Balaban J connectivity index is 1.99. The second-order valence-corrected chi connectivity index (χ2v) is 6.18. The average Bonchev–Trinajstić information content (AvgIpc) is 2.83.